The molecule has 0 aliphatic carbocycles. The molecule has 0 saturated heterocycles. The van der Waals surface area contributed by atoms with Crippen molar-refractivity contribution in [1.82, 2.24) is 4.98 Å². The van der Waals surface area contributed by atoms with Crippen LogP contribution in [0.15, 0.2) is 42.6 Å². The molecule has 0 aliphatic heterocycles. The van der Waals surface area contributed by atoms with Gasteiger partial charge in [-0.3, -0.25) is 5.32 Å². The highest BCUT2D eigenvalue weighted by molar-refractivity contribution is 5.99. The number of nitrogens with one attached hydrogen (secondary N) is 2. The largest absolute Gasteiger partial charge is 0.326 e. The second-order valence-electron chi connectivity index (χ2n) is 4.20. The Morgan fingerprint density at radius 2 is 2.11 bits per heavy atom. The van der Waals surface area contributed by atoms with Gasteiger partial charge in [0.1, 0.15) is 5.82 Å². The smallest absolute Gasteiger partial charge is 0.324 e. The van der Waals surface area contributed by atoms with Crippen LogP contribution in [0.25, 0.3) is 0 Å². The molecule has 5 nitrogen and oxygen atoms in total. The minimum absolute atomic E-state index is 0.321. The number of amides is 2. The molecule has 1 heterocycles. The van der Waals surface area contributed by atoms with E-state index in [0.29, 0.717) is 12.4 Å². The fraction of sp³-hybridized carbons (Fsp3) is 0.143. The molecule has 2 rings (SSSR count). The van der Waals surface area contributed by atoms with Crippen molar-refractivity contribution in [3.05, 3.63) is 53.7 Å². The number of nitrogens with zero attached hydrogens (tertiary/aromatic N) is 1. The number of hydrogen-bond donors (Lipinski definition) is 3. The maximum Gasteiger partial charge on any atom is 0.324 e. The molecule has 0 radical (unpaired) electrons. The van der Waals surface area contributed by atoms with Gasteiger partial charge < -0.3 is 11.1 Å². The van der Waals surface area contributed by atoms with Gasteiger partial charge in [0.25, 0.3) is 0 Å². The Labute approximate surface area is 111 Å². The average Bonchev–Trinajstić information content (AvgIpc) is 2.39. The molecule has 1 aromatic carbocycles. The fourth-order valence-electron chi connectivity index (χ4n) is 1.62. The monoisotopic (exact) mass is 256 g/mol. The average molecular weight is 256 g/mol. The lowest BCUT2D eigenvalue weighted by Gasteiger charge is -2.07. The minimum Gasteiger partial charge on any atom is -0.326 e. The number of aryl methyl sites for hydroxylation is 1. The van der Waals surface area contributed by atoms with Gasteiger partial charge in [0, 0.05) is 18.4 Å². The first kappa shape index (κ1) is 13.0. The Morgan fingerprint density at radius 1 is 1.26 bits per heavy atom. The Bertz CT molecular complexity index is 566. The molecule has 2 aromatic rings. The summed E-state index contributed by atoms with van der Waals surface area (Å²) in [4.78, 5) is 15.9. The Hall–Kier alpha value is -2.40. The lowest BCUT2D eigenvalue weighted by Crippen LogP contribution is -2.20. The lowest BCUT2D eigenvalue weighted by molar-refractivity contribution is 0.262. The van der Waals surface area contributed by atoms with Crippen molar-refractivity contribution >= 4 is 17.5 Å². The van der Waals surface area contributed by atoms with Crippen LogP contribution in [0.5, 0.6) is 0 Å². The molecule has 98 valence electrons. The van der Waals surface area contributed by atoms with Crippen LogP contribution in [0, 0.1) is 6.92 Å². The summed E-state index contributed by atoms with van der Waals surface area (Å²) in [6.45, 7) is 2.40. The highest BCUT2D eigenvalue weighted by atomic mass is 16.2. The van der Waals surface area contributed by atoms with Crippen molar-refractivity contribution in [2.45, 2.75) is 13.5 Å². The van der Waals surface area contributed by atoms with Gasteiger partial charge in [-0.05, 0) is 36.2 Å². The molecule has 2 amide bonds. The zero-order valence-corrected chi connectivity index (χ0v) is 10.7. The normalized spacial score (nSPS) is 10.0. The number of nitrogens with two attached hydrogens (primary N) is 1. The molecule has 4 N–H and O–H groups in total. The Morgan fingerprint density at radius 3 is 2.74 bits per heavy atom. The van der Waals surface area contributed by atoms with Crippen molar-refractivity contribution in [3.63, 3.8) is 0 Å². The molecule has 5 heteroatoms. The predicted octanol–water partition coefficient (Wildman–Crippen LogP) is 2.49. The summed E-state index contributed by atoms with van der Waals surface area (Å²) >= 11 is 0. The fourth-order valence-corrected chi connectivity index (χ4v) is 1.62. The Balaban J connectivity index is 1.97. The second kappa shape index (κ2) is 5.97. The number of pyridine rings is 1. The first-order chi connectivity index (χ1) is 9.17. The molecule has 0 bridgehead atoms. The number of rotatable bonds is 3. The highest BCUT2D eigenvalue weighted by Crippen LogP contribution is 2.10. The number of urea groups is 1. The van der Waals surface area contributed by atoms with Gasteiger partial charge in [-0.15, -0.1) is 0 Å². The standard InChI is InChI=1S/C14H16N4O/c1-10-3-2-4-12(7-10)17-14(19)18-13-6-5-11(8-15)9-16-13/h2-7,9H,8,15H2,1H3,(H2,16,17,18,19). The number of anilines is 2. The van der Waals surface area contributed by atoms with E-state index in [9.17, 15) is 4.79 Å². The SMILES string of the molecule is Cc1cccc(NC(=O)Nc2ccc(CN)cn2)c1. The molecular weight excluding hydrogens is 240 g/mol. The predicted molar refractivity (Wildman–Crippen MR) is 75.9 cm³/mol. The van der Waals surface area contributed by atoms with Gasteiger partial charge in [0.05, 0.1) is 0 Å². The quantitative estimate of drug-likeness (QED) is 0.789. The summed E-state index contributed by atoms with van der Waals surface area (Å²) in [6.07, 6.45) is 1.64. The van der Waals surface area contributed by atoms with E-state index >= 15 is 0 Å². The molecule has 0 aliphatic rings. The number of carbonyl (C=O) groups is 1. The van der Waals surface area contributed by atoms with Crippen LogP contribution in [0.3, 0.4) is 0 Å². The lowest BCUT2D eigenvalue weighted by atomic mass is 10.2. The Kier molecular flexibility index (Phi) is 4.10. The highest BCUT2D eigenvalue weighted by Gasteiger charge is 2.03. The van der Waals surface area contributed by atoms with E-state index in [1.54, 1.807) is 12.3 Å². The van der Waals surface area contributed by atoms with Gasteiger partial charge in [-0.2, -0.15) is 0 Å². The van der Waals surface area contributed by atoms with Crippen LogP contribution >= 0.6 is 0 Å². The third-order valence-corrected chi connectivity index (χ3v) is 2.58. The molecule has 19 heavy (non-hydrogen) atoms. The van der Waals surface area contributed by atoms with Gasteiger partial charge >= 0.3 is 6.03 Å². The van der Waals surface area contributed by atoms with Crippen molar-refractivity contribution in [2.24, 2.45) is 5.73 Å². The van der Waals surface area contributed by atoms with Gasteiger partial charge in [0.15, 0.2) is 0 Å². The third-order valence-electron chi connectivity index (χ3n) is 2.58. The molecule has 0 unspecified atom stereocenters. The third kappa shape index (κ3) is 3.79. The van der Waals surface area contributed by atoms with Gasteiger partial charge in [0.2, 0.25) is 0 Å². The number of benzene rings is 1. The minimum atomic E-state index is -0.321. The van der Waals surface area contributed by atoms with E-state index in [4.69, 9.17) is 5.73 Å². The van der Waals surface area contributed by atoms with Crippen LogP contribution in [0.2, 0.25) is 0 Å². The van der Waals surface area contributed by atoms with Crippen LogP contribution in [-0.4, -0.2) is 11.0 Å². The van der Waals surface area contributed by atoms with Crippen molar-refractivity contribution in [2.75, 3.05) is 10.6 Å². The van der Waals surface area contributed by atoms with E-state index in [-0.39, 0.29) is 6.03 Å². The number of hydrogen-bond acceptors (Lipinski definition) is 3. The van der Waals surface area contributed by atoms with Crippen LogP contribution in [-0.2, 0) is 6.54 Å². The maximum atomic E-state index is 11.8. The van der Waals surface area contributed by atoms with Crippen LogP contribution < -0.4 is 16.4 Å². The van der Waals surface area contributed by atoms with Crippen LogP contribution in [0.4, 0.5) is 16.3 Å². The summed E-state index contributed by atoms with van der Waals surface area (Å²) in [5, 5.41) is 5.40. The van der Waals surface area contributed by atoms with Crippen molar-refractivity contribution in [3.8, 4) is 0 Å². The van der Waals surface area contributed by atoms with Gasteiger partial charge in [-0.25, -0.2) is 9.78 Å². The summed E-state index contributed by atoms with van der Waals surface area (Å²) in [5.41, 5.74) is 8.23. The summed E-state index contributed by atoms with van der Waals surface area (Å²) < 4.78 is 0. The molecule has 0 spiro atoms. The van der Waals surface area contributed by atoms with Crippen molar-refractivity contribution < 1.29 is 4.79 Å². The van der Waals surface area contributed by atoms with E-state index in [2.05, 4.69) is 15.6 Å². The molecule has 1 aromatic heterocycles. The first-order valence-corrected chi connectivity index (χ1v) is 5.97. The first-order valence-electron chi connectivity index (χ1n) is 5.97. The summed E-state index contributed by atoms with van der Waals surface area (Å²) in [7, 11) is 0. The molecule has 0 saturated carbocycles. The maximum absolute atomic E-state index is 11.8. The zero-order valence-electron chi connectivity index (χ0n) is 10.7. The van der Waals surface area contributed by atoms with Gasteiger partial charge in [-0.1, -0.05) is 18.2 Å². The number of aromatic nitrogens is 1. The molecular formula is C14H16N4O. The molecule has 0 fully saturated rings. The topological polar surface area (TPSA) is 80.0 Å². The van der Waals surface area contributed by atoms with Crippen molar-refractivity contribution in [1.29, 1.82) is 0 Å². The number of carbonyl (C=O) groups excluding carboxylic acids is 1. The second-order valence-corrected chi connectivity index (χ2v) is 4.20. The van der Waals surface area contributed by atoms with Crippen LogP contribution in [0.1, 0.15) is 11.1 Å². The van der Waals surface area contributed by atoms with E-state index in [1.165, 1.54) is 0 Å². The summed E-state index contributed by atoms with van der Waals surface area (Å²) in [5.74, 6) is 0.488. The zero-order chi connectivity index (χ0) is 13.7. The molecule has 0 atom stereocenters. The van der Waals surface area contributed by atoms with E-state index < -0.39 is 0 Å². The van der Waals surface area contributed by atoms with E-state index in [1.807, 2.05) is 37.3 Å². The van der Waals surface area contributed by atoms with E-state index in [0.717, 1.165) is 16.8 Å². The summed E-state index contributed by atoms with van der Waals surface area (Å²) in [6, 6.07) is 10.8.